The largest absolute Gasteiger partial charge is 0.341 e. The molecule has 0 atom stereocenters. The van der Waals surface area contributed by atoms with Gasteiger partial charge < -0.3 is 9.47 Å². The Kier molecular flexibility index (Phi) is 5.02. The van der Waals surface area contributed by atoms with Crippen LogP contribution < -0.4 is 11.2 Å². The van der Waals surface area contributed by atoms with E-state index in [1.54, 1.807) is 23.6 Å². The molecular weight excluding hydrogens is 298 g/mol. The third-order valence-corrected chi connectivity index (χ3v) is 4.01. The van der Waals surface area contributed by atoms with Gasteiger partial charge in [-0.1, -0.05) is 13.3 Å². The molecule has 0 spiro atoms. The Morgan fingerprint density at radius 3 is 2.57 bits per heavy atom. The first-order chi connectivity index (χ1) is 10.9. The van der Waals surface area contributed by atoms with Gasteiger partial charge in [-0.3, -0.25) is 14.2 Å². The van der Waals surface area contributed by atoms with Crippen LogP contribution in [0.25, 0.3) is 11.2 Å². The van der Waals surface area contributed by atoms with Crippen LogP contribution in [0.2, 0.25) is 0 Å². The summed E-state index contributed by atoms with van der Waals surface area (Å²) < 4.78 is 3.85. The van der Waals surface area contributed by atoms with E-state index in [0.717, 1.165) is 17.4 Å². The van der Waals surface area contributed by atoms with E-state index in [9.17, 15) is 14.4 Å². The van der Waals surface area contributed by atoms with Gasteiger partial charge in [-0.25, -0.2) is 14.3 Å². The summed E-state index contributed by atoms with van der Waals surface area (Å²) in [6, 6.07) is 0. The van der Waals surface area contributed by atoms with Crippen LogP contribution >= 0.6 is 0 Å². The van der Waals surface area contributed by atoms with Crippen LogP contribution in [-0.4, -0.2) is 42.6 Å². The van der Waals surface area contributed by atoms with Gasteiger partial charge >= 0.3 is 5.69 Å². The molecule has 0 fully saturated rings. The molecule has 1 amide bonds. The number of unbranched alkanes of at least 4 members (excludes halogenated alkanes) is 1. The van der Waals surface area contributed by atoms with E-state index in [2.05, 4.69) is 11.9 Å². The summed E-state index contributed by atoms with van der Waals surface area (Å²) in [6.07, 6.45) is 3.36. The smallest absolute Gasteiger partial charge is 0.332 e. The molecule has 0 bridgehead atoms. The Balaban J connectivity index is 2.44. The molecule has 8 heteroatoms. The van der Waals surface area contributed by atoms with Crippen LogP contribution in [0.5, 0.6) is 0 Å². The molecule has 0 saturated heterocycles. The van der Waals surface area contributed by atoms with Gasteiger partial charge in [0.1, 0.15) is 6.54 Å². The molecule has 2 rings (SSSR count). The zero-order valence-electron chi connectivity index (χ0n) is 14.1. The van der Waals surface area contributed by atoms with E-state index >= 15 is 0 Å². The van der Waals surface area contributed by atoms with Crippen LogP contribution in [0.1, 0.15) is 26.7 Å². The summed E-state index contributed by atoms with van der Waals surface area (Å²) in [7, 11) is 3.24. The van der Waals surface area contributed by atoms with Gasteiger partial charge in [0.25, 0.3) is 5.56 Å². The topological polar surface area (TPSA) is 82.1 Å². The maximum atomic E-state index is 12.6. The van der Waals surface area contributed by atoms with Gasteiger partial charge in [0.05, 0.1) is 6.33 Å². The Morgan fingerprint density at radius 1 is 1.26 bits per heavy atom. The molecule has 0 N–H and O–H groups in total. The van der Waals surface area contributed by atoms with Crippen molar-refractivity contribution in [1.29, 1.82) is 0 Å². The van der Waals surface area contributed by atoms with Gasteiger partial charge in [0.2, 0.25) is 5.91 Å². The van der Waals surface area contributed by atoms with E-state index in [0.29, 0.717) is 24.3 Å². The minimum atomic E-state index is -0.527. The molecule has 23 heavy (non-hydrogen) atoms. The average molecular weight is 321 g/mol. The zero-order chi connectivity index (χ0) is 17.1. The van der Waals surface area contributed by atoms with Crippen molar-refractivity contribution in [2.45, 2.75) is 33.2 Å². The number of hydrogen-bond acceptors (Lipinski definition) is 4. The second kappa shape index (κ2) is 6.80. The van der Waals surface area contributed by atoms with Crippen molar-refractivity contribution in [3.63, 3.8) is 0 Å². The number of nitrogens with zero attached hydrogens (tertiary/aromatic N) is 5. The highest BCUT2D eigenvalue weighted by atomic mass is 16.2. The zero-order valence-corrected chi connectivity index (χ0v) is 14.1. The van der Waals surface area contributed by atoms with Gasteiger partial charge in [0.15, 0.2) is 11.2 Å². The molecule has 0 saturated carbocycles. The predicted octanol–water partition coefficient (Wildman–Crippen LogP) is 0.0823. The lowest BCUT2D eigenvalue weighted by atomic mass is 10.3. The Hall–Kier alpha value is -2.38. The lowest BCUT2D eigenvalue weighted by molar-refractivity contribution is -0.131. The highest BCUT2D eigenvalue weighted by molar-refractivity contribution is 5.76. The SMILES string of the molecule is CCCCN(CC)C(=O)Cn1c(=O)c2c(ncn2C)n(C)c1=O. The molecule has 126 valence electrons. The fraction of sp³-hybridized carbons (Fsp3) is 0.600. The molecule has 2 heterocycles. The monoisotopic (exact) mass is 321 g/mol. The Bertz CT molecular complexity index is 830. The van der Waals surface area contributed by atoms with Crippen molar-refractivity contribution in [3.8, 4) is 0 Å². The van der Waals surface area contributed by atoms with Crippen molar-refractivity contribution in [2.75, 3.05) is 13.1 Å². The van der Waals surface area contributed by atoms with Crippen molar-refractivity contribution in [1.82, 2.24) is 23.6 Å². The summed E-state index contributed by atoms with van der Waals surface area (Å²) >= 11 is 0. The molecule has 0 aromatic carbocycles. The minimum Gasteiger partial charge on any atom is -0.341 e. The first-order valence-corrected chi connectivity index (χ1v) is 7.80. The second-order valence-electron chi connectivity index (χ2n) is 5.59. The maximum absolute atomic E-state index is 12.6. The van der Waals surface area contributed by atoms with E-state index in [1.165, 1.54) is 10.9 Å². The average Bonchev–Trinajstić information content (AvgIpc) is 2.92. The molecule has 0 aliphatic carbocycles. The molecule has 0 aliphatic heterocycles. The van der Waals surface area contributed by atoms with E-state index in [4.69, 9.17) is 0 Å². The summed E-state index contributed by atoms with van der Waals surface area (Å²) in [6.45, 7) is 4.88. The summed E-state index contributed by atoms with van der Waals surface area (Å²) in [5.41, 5.74) is -0.370. The number of aryl methyl sites for hydroxylation is 2. The highest BCUT2D eigenvalue weighted by Crippen LogP contribution is 2.03. The standard InChI is InChI=1S/C15H23N5O3/c1-5-7-8-19(6-2)11(21)9-20-14(22)12-13(16-10-17(12)3)18(4)15(20)23/h10H,5-9H2,1-4H3. The number of likely N-dealkylation sites (N-methyl/N-ethyl adjacent to an activating group) is 1. The third-order valence-electron chi connectivity index (χ3n) is 4.01. The van der Waals surface area contributed by atoms with Crippen LogP contribution in [-0.2, 0) is 25.4 Å². The first-order valence-electron chi connectivity index (χ1n) is 7.80. The fourth-order valence-corrected chi connectivity index (χ4v) is 2.58. The Morgan fingerprint density at radius 2 is 1.96 bits per heavy atom. The third kappa shape index (κ3) is 3.06. The van der Waals surface area contributed by atoms with E-state index < -0.39 is 11.2 Å². The molecular formula is C15H23N5O3. The van der Waals surface area contributed by atoms with Crippen molar-refractivity contribution in [2.24, 2.45) is 14.1 Å². The molecule has 0 aliphatic rings. The summed E-state index contributed by atoms with van der Waals surface area (Å²) in [5, 5.41) is 0. The van der Waals surface area contributed by atoms with Crippen LogP contribution in [0.15, 0.2) is 15.9 Å². The quantitative estimate of drug-likeness (QED) is 0.754. The normalized spacial score (nSPS) is 11.1. The van der Waals surface area contributed by atoms with Crippen LogP contribution in [0.3, 0.4) is 0 Å². The predicted molar refractivity (Wildman–Crippen MR) is 87.4 cm³/mol. The Labute approximate surface area is 134 Å². The number of carbonyl (C=O) groups excluding carboxylic acids is 1. The second-order valence-corrected chi connectivity index (χ2v) is 5.59. The van der Waals surface area contributed by atoms with Crippen molar-refractivity contribution >= 4 is 17.1 Å². The molecule has 2 aromatic heterocycles. The van der Waals surface area contributed by atoms with Gasteiger partial charge in [-0.05, 0) is 13.3 Å². The van der Waals surface area contributed by atoms with Gasteiger partial charge in [-0.15, -0.1) is 0 Å². The number of amides is 1. The van der Waals surface area contributed by atoms with Crippen LogP contribution in [0, 0.1) is 0 Å². The lowest BCUT2D eigenvalue weighted by Gasteiger charge is -2.21. The van der Waals surface area contributed by atoms with Crippen molar-refractivity contribution in [3.05, 3.63) is 27.2 Å². The highest BCUT2D eigenvalue weighted by Gasteiger charge is 2.19. The minimum absolute atomic E-state index is 0.221. The first kappa shape index (κ1) is 17.0. The summed E-state index contributed by atoms with van der Waals surface area (Å²) in [4.78, 5) is 43.1. The summed E-state index contributed by atoms with van der Waals surface area (Å²) in [5.74, 6) is -0.221. The van der Waals surface area contributed by atoms with E-state index in [1.807, 2.05) is 6.92 Å². The van der Waals surface area contributed by atoms with Crippen molar-refractivity contribution < 1.29 is 4.79 Å². The van der Waals surface area contributed by atoms with Crippen LogP contribution in [0.4, 0.5) is 0 Å². The van der Waals surface area contributed by atoms with E-state index in [-0.39, 0.29) is 12.5 Å². The molecule has 2 aromatic rings. The molecule has 8 nitrogen and oxygen atoms in total. The number of hydrogen-bond donors (Lipinski definition) is 0. The van der Waals surface area contributed by atoms with Gasteiger partial charge in [-0.2, -0.15) is 0 Å². The lowest BCUT2D eigenvalue weighted by Crippen LogP contribution is -2.44. The number of rotatable bonds is 6. The fourth-order valence-electron chi connectivity index (χ4n) is 2.58. The number of aromatic nitrogens is 4. The number of fused-ring (bicyclic) bond motifs is 1. The number of imidazole rings is 1. The number of carbonyl (C=O) groups is 1. The maximum Gasteiger partial charge on any atom is 0.332 e. The molecule has 0 unspecified atom stereocenters. The molecule has 0 radical (unpaired) electrons. The van der Waals surface area contributed by atoms with Gasteiger partial charge in [0, 0.05) is 27.2 Å².